The molecule has 0 spiro atoms. The molecule has 1 aliphatic carbocycles. The molecule has 0 atom stereocenters. The molecule has 0 radical (unpaired) electrons. The van der Waals surface area contributed by atoms with E-state index in [1.54, 1.807) is 20.4 Å². The van der Waals surface area contributed by atoms with Gasteiger partial charge in [0.15, 0.2) is 0 Å². The summed E-state index contributed by atoms with van der Waals surface area (Å²) >= 11 is 0.369. The van der Waals surface area contributed by atoms with Crippen molar-refractivity contribution in [3.05, 3.63) is 121 Å². The third-order valence-corrected chi connectivity index (χ3v) is 16.8. The predicted molar refractivity (Wildman–Crippen MR) is 147 cm³/mol. The zero-order valence-electron chi connectivity index (χ0n) is 21.2. The molecule has 0 unspecified atom stereocenters. The second-order valence-electron chi connectivity index (χ2n) is 9.33. The van der Waals surface area contributed by atoms with E-state index in [0.717, 1.165) is 0 Å². The number of halogens is 1. The molecular formula is C31H32ClO4PSe. The van der Waals surface area contributed by atoms with Gasteiger partial charge in [-0.1, -0.05) is 0 Å². The first-order valence-electron chi connectivity index (χ1n) is 12.8. The Balaban J connectivity index is 0.000000617. The van der Waals surface area contributed by atoms with Gasteiger partial charge in [0.05, 0.1) is 0 Å². The van der Waals surface area contributed by atoms with Crippen LogP contribution in [0.4, 0.5) is 0 Å². The van der Waals surface area contributed by atoms with E-state index in [4.69, 9.17) is 18.6 Å². The number of hydrogen-bond acceptors (Lipinski definition) is 4. The van der Waals surface area contributed by atoms with Crippen molar-refractivity contribution in [1.82, 2.24) is 0 Å². The molecule has 1 fully saturated rings. The molecule has 0 aromatic heterocycles. The molecule has 0 saturated heterocycles. The minimum absolute atomic E-state index is 0.266. The second kappa shape index (κ2) is 13.3. The van der Waals surface area contributed by atoms with Gasteiger partial charge in [-0.15, -0.1) is 10.2 Å². The third-order valence-electron chi connectivity index (χ3n) is 6.98. The van der Waals surface area contributed by atoms with Gasteiger partial charge >= 0.3 is 207 Å². The molecule has 1 saturated carbocycles. The number of benzene rings is 4. The van der Waals surface area contributed by atoms with Crippen LogP contribution in [0.3, 0.4) is 0 Å². The van der Waals surface area contributed by atoms with Crippen molar-refractivity contribution in [2.24, 2.45) is 0 Å². The average Bonchev–Trinajstić information content (AvgIpc) is 3.17. The fourth-order valence-electron chi connectivity index (χ4n) is 5.60. The van der Waals surface area contributed by atoms with Gasteiger partial charge in [0.2, 0.25) is 0 Å². The predicted octanol–water partition coefficient (Wildman–Crippen LogP) is 1.30. The Morgan fingerprint density at radius 1 is 0.500 bits per heavy atom. The molecule has 0 N–H and O–H groups in total. The van der Waals surface area contributed by atoms with Crippen molar-refractivity contribution in [3.63, 3.8) is 0 Å². The fraction of sp³-hybridized carbons (Fsp3) is 0.226. The molecule has 38 heavy (non-hydrogen) atoms. The summed E-state index contributed by atoms with van der Waals surface area (Å²) in [7, 11) is -6.87. The summed E-state index contributed by atoms with van der Waals surface area (Å²) in [5, 5.41) is 4.63. The Labute approximate surface area is 234 Å². The monoisotopic (exact) mass is 614 g/mol. The van der Waals surface area contributed by atoms with Crippen molar-refractivity contribution >= 4 is 42.6 Å². The summed E-state index contributed by atoms with van der Waals surface area (Å²) in [6, 6.07) is 46.1. The van der Waals surface area contributed by atoms with E-state index < -0.39 is 17.5 Å². The summed E-state index contributed by atoms with van der Waals surface area (Å²) in [6.45, 7) is 0. The summed E-state index contributed by atoms with van der Waals surface area (Å²) in [5.41, 5.74) is 0. The van der Waals surface area contributed by atoms with Gasteiger partial charge in [-0.25, -0.2) is 18.6 Å². The van der Waals surface area contributed by atoms with Gasteiger partial charge in [-0.3, -0.25) is 0 Å². The van der Waals surface area contributed by atoms with E-state index in [-0.39, 0.29) is 4.05 Å². The summed E-state index contributed by atoms with van der Waals surface area (Å²) < 4.78 is 35.8. The van der Waals surface area contributed by atoms with E-state index in [1.165, 1.54) is 38.5 Å². The van der Waals surface area contributed by atoms with E-state index >= 15 is 0 Å². The van der Waals surface area contributed by atoms with Crippen molar-refractivity contribution in [3.8, 4) is 0 Å². The molecule has 1 aliphatic rings. The van der Waals surface area contributed by atoms with Crippen molar-refractivity contribution < 1.29 is 28.9 Å². The Morgan fingerprint density at radius 3 is 1.16 bits per heavy atom. The molecule has 7 heteroatoms. The molecule has 0 bridgehead atoms. The van der Waals surface area contributed by atoms with Crippen LogP contribution in [0.1, 0.15) is 38.5 Å². The topological polar surface area (TPSA) is 92.2 Å². The summed E-state index contributed by atoms with van der Waals surface area (Å²) in [4.78, 5) is 0. The van der Waals surface area contributed by atoms with Gasteiger partial charge in [0.1, 0.15) is 0 Å². The molecule has 0 aliphatic heterocycles. The van der Waals surface area contributed by atoms with Crippen LogP contribution < -0.4 is 39.0 Å². The van der Waals surface area contributed by atoms with Crippen LogP contribution in [0.2, 0.25) is 0 Å². The van der Waals surface area contributed by atoms with Gasteiger partial charge in [0, 0.05) is 0 Å². The SMILES string of the molecule is [O-][Cl+3]([O-])([O-])[O-].c1ccc([Se]C2([P+](c3ccccc3)(c3ccccc3)c3ccccc3)CCCCCC2)cc1. The molecular weight excluding hydrogens is 582 g/mol. The quantitative estimate of drug-likeness (QED) is 0.186. The summed E-state index contributed by atoms with van der Waals surface area (Å²) in [6.07, 6.45) is 8.03. The first kappa shape index (κ1) is 29.0. The van der Waals surface area contributed by atoms with Gasteiger partial charge in [-0.2, -0.15) is 0 Å². The van der Waals surface area contributed by atoms with Crippen LogP contribution in [-0.2, 0) is 0 Å². The summed E-state index contributed by atoms with van der Waals surface area (Å²) in [5.74, 6) is 0. The van der Waals surface area contributed by atoms with Crippen LogP contribution >= 0.6 is 7.26 Å². The Bertz CT molecular complexity index is 1130. The average molecular weight is 614 g/mol. The number of rotatable bonds is 6. The molecule has 198 valence electrons. The standard InChI is InChI=1S/C31H32PSe.ClHO4/c1-2-16-26-31(25-15-1,33-30-23-13-6-14-24-30)32(27-17-7-3-8-18-27,28-19-9-4-10-20-28)29-21-11-5-12-22-29;2-1(3,4)5/h3-14,17-24H,1-2,15-16,25-26H2;(H,2,3,4,5)/q+1;/p-1. The van der Waals surface area contributed by atoms with Gasteiger partial charge in [0.25, 0.3) is 0 Å². The fourth-order valence-corrected chi connectivity index (χ4v) is 16.9. The second-order valence-corrected chi connectivity index (χ2v) is 17.6. The van der Waals surface area contributed by atoms with Crippen LogP contribution in [0.25, 0.3) is 0 Å². The zero-order chi connectivity index (χ0) is 26.9. The van der Waals surface area contributed by atoms with Crippen molar-refractivity contribution in [2.75, 3.05) is 0 Å². The Kier molecular flexibility index (Phi) is 10.2. The van der Waals surface area contributed by atoms with E-state index in [0.29, 0.717) is 15.0 Å². The van der Waals surface area contributed by atoms with Crippen molar-refractivity contribution in [2.45, 2.75) is 42.6 Å². The molecule has 0 amide bonds. The van der Waals surface area contributed by atoms with E-state index in [2.05, 4.69) is 121 Å². The van der Waals surface area contributed by atoms with Crippen LogP contribution in [-0.4, -0.2) is 19.0 Å². The van der Waals surface area contributed by atoms with Crippen LogP contribution in [0, 0.1) is 10.2 Å². The maximum atomic E-state index is 8.49. The first-order chi connectivity index (χ1) is 18.4. The number of hydrogen-bond donors (Lipinski definition) is 0. The molecule has 5 rings (SSSR count). The van der Waals surface area contributed by atoms with Crippen LogP contribution in [0.15, 0.2) is 121 Å². The van der Waals surface area contributed by atoms with Gasteiger partial charge < -0.3 is 0 Å². The molecule has 4 nitrogen and oxygen atoms in total. The zero-order valence-corrected chi connectivity index (χ0v) is 24.5. The van der Waals surface area contributed by atoms with Gasteiger partial charge in [-0.05, 0) is 0 Å². The van der Waals surface area contributed by atoms with E-state index in [1.807, 2.05) is 0 Å². The third kappa shape index (κ3) is 6.93. The Hall–Kier alpha value is -2.04. The van der Waals surface area contributed by atoms with Crippen molar-refractivity contribution in [1.29, 1.82) is 0 Å². The first-order valence-corrected chi connectivity index (χ1v) is 17.5. The minimum atomic E-state index is -4.94. The molecule has 0 heterocycles. The molecule has 4 aromatic carbocycles. The molecule has 4 aromatic rings. The van der Waals surface area contributed by atoms with Crippen LogP contribution in [0.5, 0.6) is 0 Å². The maximum absolute atomic E-state index is 8.49. The normalized spacial score (nSPS) is 15.6. The Morgan fingerprint density at radius 2 is 0.816 bits per heavy atom. The van der Waals surface area contributed by atoms with E-state index in [9.17, 15) is 0 Å².